The highest BCUT2D eigenvalue weighted by molar-refractivity contribution is 5.83. The molecule has 0 aliphatic heterocycles. The minimum atomic E-state index is -4.56. The monoisotopic (exact) mass is 430 g/mol. The molecule has 9 heteroatoms. The molecule has 0 fully saturated rings. The van der Waals surface area contributed by atoms with Gasteiger partial charge in [-0.05, 0) is 39.3 Å². The summed E-state index contributed by atoms with van der Waals surface area (Å²) in [7, 11) is 1.55. The van der Waals surface area contributed by atoms with Gasteiger partial charge in [-0.2, -0.15) is 23.3 Å². The normalized spacial score (nSPS) is 12.0. The highest BCUT2D eigenvalue weighted by Gasteiger charge is 2.35. The number of nitrogens with zero attached hydrogens (tertiary/aromatic N) is 4. The molecule has 0 unspecified atom stereocenters. The van der Waals surface area contributed by atoms with Crippen molar-refractivity contribution in [3.63, 3.8) is 0 Å². The lowest BCUT2D eigenvalue weighted by molar-refractivity contribution is -0.136. The molecule has 0 saturated carbocycles. The van der Waals surface area contributed by atoms with Crippen molar-refractivity contribution in [2.24, 2.45) is 7.05 Å². The molecule has 31 heavy (non-hydrogen) atoms. The Balaban J connectivity index is 1.67. The maximum absolute atomic E-state index is 13.6. The van der Waals surface area contributed by atoms with Crippen LogP contribution < -0.4 is 4.74 Å². The molecule has 162 valence electrons. The third-order valence-electron chi connectivity index (χ3n) is 5.12. The summed E-state index contributed by atoms with van der Waals surface area (Å²) >= 11 is 0. The van der Waals surface area contributed by atoms with Gasteiger partial charge in [0.1, 0.15) is 18.1 Å². The Morgan fingerprint density at radius 3 is 2.52 bits per heavy atom. The van der Waals surface area contributed by atoms with Crippen molar-refractivity contribution in [2.45, 2.75) is 40.5 Å². The number of rotatable bonds is 4. The molecule has 0 atom stereocenters. The summed E-state index contributed by atoms with van der Waals surface area (Å²) in [5.41, 5.74) is 2.97. The van der Waals surface area contributed by atoms with Crippen LogP contribution in [0, 0.1) is 27.7 Å². The Morgan fingerprint density at radius 2 is 1.81 bits per heavy atom. The highest BCUT2D eigenvalue weighted by Crippen LogP contribution is 2.37. The molecular formula is C22H21F3N4O2. The van der Waals surface area contributed by atoms with Gasteiger partial charge in [-0.3, -0.25) is 4.68 Å². The summed E-state index contributed by atoms with van der Waals surface area (Å²) in [6.45, 7) is 7.11. The average Bonchev–Trinajstić information content (AvgIpc) is 3.20. The minimum absolute atomic E-state index is 0.0304. The first-order chi connectivity index (χ1) is 14.5. The quantitative estimate of drug-likeness (QED) is 0.430. The molecule has 4 aromatic rings. The number of benzene rings is 1. The number of pyridine rings is 1. The molecule has 4 rings (SSSR count). The van der Waals surface area contributed by atoms with Gasteiger partial charge in [0, 0.05) is 18.7 Å². The van der Waals surface area contributed by atoms with E-state index in [2.05, 4.69) is 15.1 Å². The minimum Gasteiger partial charge on any atom is -0.471 e. The summed E-state index contributed by atoms with van der Waals surface area (Å²) in [6.07, 6.45) is -4.56. The number of aromatic nitrogens is 4. The number of oxazole rings is 1. The van der Waals surface area contributed by atoms with Gasteiger partial charge in [-0.15, -0.1) is 0 Å². The highest BCUT2D eigenvalue weighted by atomic mass is 19.4. The van der Waals surface area contributed by atoms with Crippen LogP contribution in [0.5, 0.6) is 5.88 Å². The van der Waals surface area contributed by atoms with Crippen LogP contribution in [0.2, 0.25) is 0 Å². The van der Waals surface area contributed by atoms with Gasteiger partial charge in [0.05, 0.1) is 16.6 Å². The first-order valence-corrected chi connectivity index (χ1v) is 9.63. The van der Waals surface area contributed by atoms with Crippen molar-refractivity contribution in [3.05, 3.63) is 58.1 Å². The van der Waals surface area contributed by atoms with Gasteiger partial charge < -0.3 is 9.15 Å². The Morgan fingerprint density at radius 1 is 1.06 bits per heavy atom. The van der Waals surface area contributed by atoms with E-state index in [4.69, 9.17) is 9.15 Å². The van der Waals surface area contributed by atoms with Crippen LogP contribution in [0.4, 0.5) is 13.2 Å². The molecule has 0 radical (unpaired) electrons. The topological polar surface area (TPSA) is 66.0 Å². The van der Waals surface area contributed by atoms with E-state index in [9.17, 15) is 13.2 Å². The smallest absolute Gasteiger partial charge is 0.417 e. The fourth-order valence-electron chi connectivity index (χ4n) is 3.51. The third kappa shape index (κ3) is 3.87. The van der Waals surface area contributed by atoms with Crippen LogP contribution in [0.25, 0.3) is 22.5 Å². The second kappa shape index (κ2) is 7.40. The van der Waals surface area contributed by atoms with Crippen LogP contribution >= 0.6 is 0 Å². The molecule has 0 aliphatic rings. The Hall–Kier alpha value is -3.36. The molecule has 0 bridgehead atoms. The Kier molecular flexibility index (Phi) is 4.99. The molecule has 3 heterocycles. The van der Waals surface area contributed by atoms with Gasteiger partial charge in [0.15, 0.2) is 5.65 Å². The lowest BCUT2D eigenvalue weighted by atomic mass is 10.1. The van der Waals surface area contributed by atoms with E-state index in [1.807, 2.05) is 32.0 Å². The first kappa shape index (κ1) is 20.9. The summed E-state index contributed by atoms with van der Waals surface area (Å²) in [5.74, 6) is 0.821. The molecule has 6 nitrogen and oxygen atoms in total. The number of halogens is 3. The molecule has 0 spiro atoms. The summed E-state index contributed by atoms with van der Waals surface area (Å²) in [4.78, 5) is 8.72. The van der Waals surface area contributed by atoms with E-state index in [0.717, 1.165) is 22.8 Å². The van der Waals surface area contributed by atoms with Gasteiger partial charge in [-0.25, -0.2) is 4.98 Å². The molecule has 0 saturated heterocycles. The zero-order valence-electron chi connectivity index (χ0n) is 17.8. The van der Waals surface area contributed by atoms with Crippen molar-refractivity contribution < 1.29 is 22.3 Å². The first-order valence-electron chi connectivity index (χ1n) is 9.63. The summed E-state index contributed by atoms with van der Waals surface area (Å²) < 4.78 is 53.6. The largest absolute Gasteiger partial charge is 0.471 e. The van der Waals surface area contributed by atoms with Crippen molar-refractivity contribution in [1.29, 1.82) is 0 Å². The fraction of sp³-hybridized carbons (Fsp3) is 0.318. The molecular weight excluding hydrogens is 409 g/mol. The number of hydrogen-bond acceptors (Lipinski definition) is 5. The SMILES string of the molecule is Cc1ccc(C)c(-c2nc(COc3cc(C(F)(F)F)c4c(C)nn(C)c4n3)c(C)o2)c1. The van der Waals surface area contributed by atoms with Crippen molar-refractivity contribution >= 4 is 11.0 Å². The fourth-order valence-corrected chi connectivity index (χ4v) is 3.51. The zero-order chi connectivity index (χ0) is 22.5. The molecule has 3 aromatic heterocycles. The van der Waals surface area contributed by atoms with Crippen LogP contribution in [0.1, 0.15) is 33.8 Å². The average molecular weight is 430 g/mol. The van der Waals surface area contributed by atoms with E-state index in [1.54, 1.807) is 14.0 Å². The third-order valence-corrected chi connectivity index (χ3v) is 5.12. The Bertz CT molecular complexity index is 1290. The van der Waals surface area contributed by atoms with Gasteiger partial charge in [0.25, 0.3) is 0 Å². The lowest BCUT2D eigenvalue weighted by Crippen LogP contribution is -2.09. The van der Waals surface area contributed by atoms with E-state index < -0.39 is 11.7 Å². The van der Waals surface area contributed by atoms with Gasteiger partial charge in [0.2, 0.25) is 11.8 Å². The Labute approximate surface area is 176 Å². The standard InChI is InChI=1S/C22H21F3N4O2/c1-11-6-7-12(2)15(8-11)21-26-17(14(4)31-21)10-30-18-9-16(22(23,24)25)19-13(3)28-29(5)20(19)27-18/h6-9H,10H2,1-5H3. The number of hydrogen-bond donors (Lipinski definition) is 0. The van der Waals surface area contributed by atoms with E-state index in [-0.39, 0.29) is 29.2 Å². The molecule has 0 aliphatic carbocycles. The number of alkyl halides is 3. The van der Waals surface area contributed by atoms with Crippen LogP contribution in [-0.2, 0) is 19.8 Å². The van der Waals surface area contributed by atoms with Crippen molar-refractivity contribution in [1.82, 2.24) is 19.7 Å². The predicted octanol–water partition coefficient (Wildman–Crippen LogP) is 5.45. The second-order valence-corrected chi connectivity index (χ2v) is 7.54. The van der Waals surface area contributed by atoms with E-state index in [0.29, 0.717) is 17.3 Å². The maximum Gasteiger partial charge on any atom is 0.417 e. The lowest BCUT2D eigenvalue weighted by Gasteiger charge is -2.11. The van der Waals surface area contributed by atoms with Crippen LogP contribution in [0.15, 0.2) is 28.7 Å². The van der Waals surface area contributed by atoms with E-state index >= 15 is 0 Å². The number of aryl methyl sites for hydroxylation is 5. The van der Waals surface area contributed by atoms with E-state index in [1.165, 1.54) is 11.6 Å². The molecule has 0 amide bonds. The van der Waals surface area contributed by atoms with Gasteiger partial charge >= 0.3 is 6.18 Å². The number of ether oxygens (including phenoxy) is 1. The maximum atomic E-state index is 13.6. The van der Waals surface area contributed by atoms with Crippen molar-refractivity contribution in [3.8, 4) is 17.3 Å². The van der Waals surface area contributed by atoms with Crippen molar-refractivity contribution in [2.75, 3.05) is 0 Å². The summed E-state index contributed by atoms with van der Waals surface area (Å²) in [5, 5.41) is 4.03. The zero-order valence-corrected chi connectivity index (χ0v) is 17.8. The predicted molar refractivity (Wildman–Crippen MR) is 109 cm³/mol. The number of fused-ring (bicyclic) bond motifs is 1. The van der Waals surface area contributed by atoms with Gasteiger partial charge in [-0.1, -0.05) is 17.7 Å². The summed E-state index contributed by atoms with van der Waals surface area (Å²) in [6, 6.07) is 6.85. The molecule has 0 N–H and O–H groups in total. The second-order valence-electron chi connectivity index (χ2n) is 7.54. The van der Waals surface area contributed by atoms with Crippen LogP contribution in [-0.4, -0.2) is 19.7 Å². The van der Waals surface area contributed by atoms with Crippen LogP contribution in [0.3, 0.4) is 0 Å². The molecule has 1 aromatic carbocycles.